The molecule has 2 aromatic heterocycles. The molecular formula is C14H16BrNS. The van der Waals surface area contributed by atoms with Gasteiger partial charge in [0.25, 0.3) is 0 Å². The third kappa shape index (κ3) is 2.78. The molecule has 0 radical (unpaired) electrons. The second kappa shape index (κ2) is 5.32. The summed E-state index contributed by atoms with van der Waals surface area (Å²) in [5, 5.41) is 0. The maximum atomic E-state index is 4.07. The SMILES string of the molecule is Cc1cc(C(Br)C(C)c2ccncc2)sc1C. The van der Waals surface area contributed by atoms with Gasteiger partial charge in [-0.3, -0.25) is 4.98 Å². The van der Waals surface area contributed by atoms with Crippen LogP contribution in [0.1, 0.15) is 38.6 Å². The van der Waals surface area contributed by atoms with Crippen LogP contribution in [0.5, 0.6) is 0 Å². The van der Waals surface area contributed by atoms with Crippen LogP contribution in [0.2, 0.25) is 0 Å². The highest BCUT2D eigenvalue weighted by Crippen LogP contribution is 2.41. The number of hydrogen-bond donors (Lipinski definition) is 0. The van der Waals surface area contributed by atoms with E-state index in [9.17, 15) is 0 Å². The first-order valence-corrected chi connectivity index (χ1v) is 7.43. The van der Waals surface area contributed by atoms with Crippen LogP contribution in [0, 0.1) is 13.8 Å². The van der Waals surface area contributed by atoms with E-state index in [1.54, 1.807) is 0 Å². The first-order valence-electron chi connectivity index (χ1n) is 5.70. The summed E-state index contributed by atoms with van der Waals surface area (Å²) in [6.45, 7) is 6.60. The number of hydrogen-bond acceptors (Lipinski definition) is 2. The summed E-state index contributed by atoms with van der Waals surface area (Å²) >= 11 is 5.71. The summed E-state index contributed by atoms with van der Waals surface area (Å²) < 4.78 is 0. The van der Waals surface area contributed by atoms with Crippen LogP contribution in [0.15, 0.2) is 30.6 Å². The van der Waals surface area contributed by atoms with Gasteiger partial charge in [-0.1, -0.05) is 22.9 Å². The molecule has 0 spiro atoms. The summed E-state index contributed by atoms with van der Waals surface area (Å²) in [6, 6.07) is 6.47. The number of nitrogens with zero attached hydrogens (tertiary/aromatic N) is 1. The maximum Gasteiger partial charge on any atom is 0.0555 e. The van der Waals surface area contributed by atoms with Crippen LogP contribution in [-0.2, 0) is 0 Å². The van der Waals surface area contributed by atoms with E-state index in [0.717, 1.165) is 0 Å². The van der Waals surface area contributed by atoms with Gasteiger partial charge in [0, 0.05) is 22.1 Å². The standard InChI is InChI=1S/C14H16BrNS/c1-9-8-13(17-11(9)3)14(15)10(2)12-4-6-16-7-5-12/h4-8,10,14H,1-3H3. The van der Waals surface area contributed by atoms with E-state index >= 15 is 0 Å². The van der Waals surface area contributed by atoms with E-state index < -0.39 is 0 Å². The Bertz CT molecular complexity index is 473. The predicted molar refractivity (Wildman–Crippen MR) is 78.1 cm³/mol. The van der Waals surface area contributed by atoms with Gasteiger partial charge in [-0.05, 0) is 49.1 Å². The van der Waals surface area contributed by atoms with E-state index in [4.69, 9.17) is 0 Å². The smallest absolute Gasteiger partial charge is 0.0555 e. The van der Waals surface area contributed by atoms with Gasteiger partial charge in [-0.15, -0.1) is 11.3 Å². The fourth-order valence-corrected chi connectivity index (χ4v) is 3.66. The van der Waals surface area contributed by atoms with E-state index in [0.29, 0.717) is 10.7 Å². The van der Waals surface area contributed by atoms with Crippen molar-refractivity contribution in [3.05, 3.63) is 51.5 Å². The fourth-order valence-electron chi connectivity index (χ4n) is 1.82. The van der Waals surface area contributed by atoms with E-state index in [1.165, 1.54) is 20.9 Å². The maximum absolute atomic E-state index is 4.07. The Kier molecular flexibility index (Phi) is 4.00. The third-order valence-electron chi connectivity index (χ3n) is 3.13. The summed E-state index contributed by atoms with van der Waals surface area (Å²) in [5.74, 6) is 0.454. The molecule has 2 aromatic rings. The van der Waals surface area contributed by atoms with Gasteiger partial charge in [-0.25, -0.2) is 0 Å². The molecule has 3 heteroatoms. The van der Waals surface area contributed by atoms with E-state index in [-0.39, 0.29) is 0 Å². The Hall–Kier alpha value is -0.670. The number of alkyl halides is 1. The molecule has 0 aliphatic carbocycles. The average molecular weight is 310 g/mol. The third-order valence-corrected chi connectivity index (χ3v) is 5.95. The summed E-state index contributed by atoms with van der Waals surface area (Å²) in [7, 11) is 0. The summed E-state index contributed by atoms with van der Waals surface area (Å²) in [4.78, 5) is 7.26. The lowest BCUT2D eigenvalue weighted by molar-refractivity contribution is 0.759. The zero-order valence-corrected chi connectivity index (χ0v) is 12.7. The number of aryl methyl sites for hydroxylation is 2. The number of halogens is 1. The second-order valence-electron chi connectivity index (χ2n) is 4.36. The number of thiophene rings is 1. The predicted octanol–water partition coefficient (Wildman–Crippen LogP) is 5.00. The molecule has 0 saturated carbocycles. The molecule has 0 aliphatic heterocycles. The topological polar surface area (TPSA) is 12.9 Å². The minimum Gasteiger partial charge on any atom is -0.265 e. The fraction of sp³-hybridized carbons (Fsp3) is 0.357. The van der Waals surface area contributed by atoms with Crippen LogP contribution in [-0.4, -0.2) is 4.98 Å². The van der Waals surface area contributed by atoms with Crippen molar-refractivity contribution in [3.8, 4) is 0 Å². The highest BCUT2D eigenvalue weighted by Gasteiger charge is 2.20. The molecule has 0 N–H and O–H groups in total. The van der Waals surface area contributed by atoms with Crippen LogP contribution in [0.3, 0.4) is 0 Å². The van der Waals surface area contributed by atoms with Gasteiger partial charge < -0.3 is 0 Å². The Morgan fingerprint density at radius 3 is 2.41 bits per heavy atom. The highest BCUT2D eigenvalue weighted by atomic mass is 79.9. The molecule has 1 nitrogen and oxygen atoms in total. The van der Waals surface area contributed by atoms with Crippen molar-refractivity contribution in [2.75, 3.05) is 0 Å². The van der Waals surface area contributed by atoms with Gasteiger partial charge in [-0.2, -0.15) is 0 Å². The molecule has 0 fully saturated rings. The Balaban J connectivity index is 2.23. The molecule has 90 valence electrons. The lowest BCUT2D eigenvalue weighted by atomic mass is 9.98. The molecule has 0 aromatic carbocycles. The Morgan fingerprint density at radius 2 is 1.88 bits per heavy atom. The van der Waals surface area contributed by atoms with Gasteiger partial charge in [0.15, 0.2) is 0 Å². The van der Waals surface area contributed by atoms with Crippen molar-refractivity contribution in [1.82, 2.24) is 4.98 Å². The molecular weight excluding hydrogens is 294 g/mol. The van der Waals surface area contributed by atoms with Crippen molar-refractivity contribution in [3.63, 3.8) is 0 Å². The summed E-state index contributed by atoms with van der Waals surface area (Å²) in [5.41, 5.74) is 2.71. The largest absolute Gasteiger partial charge is 0.265 e. The van der Waals surface area contributed by atoms with Crippen LogP contribution < -0.4 is 0 Å². The van der Waals surface area contributed by atoms with Crippen LogP contribution >= 0.6 is 27.3 Å². The van der Waals surface area contributed by atoms with Crippen LogP contribution in [0.25, 0.3) is 0 Å². The molecule has 0 saturated heterocycles. The molecule has 2 heterocycles. The van der Waals surface area contributed by atoms with Crippen molar-refractivity contribution >= 4 is 27.3 Å². The number of pyridine rings is 1. The van der Waals surface area contributed by atoms with Crippen molar-refractivity contribution in [2.45, 2.75) is 31.5 Å². The van der Waals surface area contributed by atoms with Gasteiger partial charge in [0.05, 0.1) is 4.83 Å². The normalized spacial score (nSPS) is 14.6. The highest BCUT2D eigenvalue weighted by molar-refractivity contribution is 9.09. The Morgan fingerprint density at radius 1 is 1.24 bits per heavy atom. The zero-order valence-electron chi connectivity index (χ0n) is 10.3. The lowest BCUT2D eigenvalue weighted by Crippen LogP contribution is -2.00. The number of aromatic nitrogens is 1. The molecule has 0 amide bonds. The van der Waals surface area contributed by atoms with E-state index in [2.05, 4.69) is 59.9 Å². The van der Waals surface area contributed by atoms with Crippen molar-refractivity contribution in [1.29, 1.82) is 0 Å². The molecule has 0 bridgehead atoms. The van der Waals surface area contributed by atoms with Crippen molar-refractivity contribution in [2.24, 2.45) is 0 Å². The van der Waals surface area contributed by atoms with Gasteiger partial charge >= 0.3 is 0 Å². The zero-order chi connectivity index (χ0) is 12.4. The first kappa shape index (κ1) is 12.8. The first-order chi connectivity index (χ1) is 8.09. The van der Waals surface area contributed by atoms with Gasteiger partial charge in [0.1, 0.15) is 0 Å². The molecule has 2 atom stereocenters. The van der Waals surface area contributed by atoms with Crippen molar-refractivity contribution < 1.29 is 0 Å². The monoisotopic (exact) mass is 309 g/mol. The van der Waals surface area contributed by atoms with Gasteiger partial charge in [0.2, 0.25) is 0 Å². The number of rotatable bonds is 3. The van der Waals surface area contributed by atoms with E-state index in [1.807, 2.05) is 23.7 Å². The van der Waals surface area contributed by atoms with Crippen LogP contribution in [0.4, 0.5) is 0 Å². The molecule has 0 aliphatic rings. The summed E-state index contributed by atoms with van der Waals surface area (Å²) in [6.07, 6.45) is 3.72. The minimum absolute atomic E-state index is 0.377. The minimum atomic E-state index is 0.377. The second-order valence-corrected chi connectivity index (χ2v) is 6.63. The Labute approximate surface area is 115 Å². The average Bonchev–Trinajstić information content (AvgIpc) is 2.69. The molecule has 17 heavy (non-hydrogen) atoms. The quantitative estimate of drug-likeness (QED) is 0.727. The lowest BCUT2D eigenvalue weighted by Gasteiger charge is -2.17. The molecule has 2 unspecified atom stereocenters. The molecule has 2 rings (SSSR count).